The molecular formula is C24H31N3O4. The summed E-state index contributed by atoms with van der Waals surface area (Å²) >= 11 is 0. The molecule has 0 bridgehead atoms. The molecule has 31 heavy (non-hydrogen) atoms. The number of rotatable bonds is 7. The number of hydrogen-bond donors (Lipinski definition) is 1. The highest BCUT2D eigenvalue weighted by atomic mass is 16.5. The van der Waals surface area contributed by atoms with Crippen LogP contribution in [0.3, 0.4) is 0 Å². The molecule has 1 saturated heterocycles. The van der Waals surface area contributed by atoms with Gasteiger partial charge < -0.3 is 24.4 Å². The molecular weight excluding hydrogens is 394 g/mol. The van der Waals surface area contributed by atoms with Crippen LogP contribution in [0.5, 0.6) is 11.5 Å². The number of benzene rings is 2. The van der Waals surface area contributed by atoms with Crippen LogP contribution >= 0.6 is 0 Å². The number of carbonyl (C=O) groups excluding carboxylic acids is 1. The van der Waals surface area contributed by atoms with Crippen LogP contribution in [0.25, 0.3) is 0 Å². The lowest BCUT2D eigenvalue weighted by molar-refractivity contribution is 0.0162. The summed E-state index contributed by atoms with van der Waals surface area (Å²) in [6.45, 7) is 4.64. The van der Waals surface area contributed by atoms with E-state index in [0.717, 1.165) is 26.1 Å². The Morgan fingerprint density at radius 3 is 2.48 bits per heavy atom. The molecule has 0 spiro atoms. The molecule has 2 aromatic carbocycles. The van der Waals surface area contributed by atoms with Gasteiger partial charge in [0.25, 0.3) is 5.91 Å². The Hall–Kier alpha value is -2.77. The van der Waals surface area contributed by atoms with Gasteiger partial charge >= 0.3 is 0 Å². The molecule has 4 rings (SSSR count). The predicted octanol–water partition coefficient (Wildman–Crippen LogP) is 2.50. The first-order valence-corrected chi connectivity index (χ1v) is 10.8. The third-order valence-corrected chi connectivity index (χ3v) is 6.21. The maximum absolute atomic E-state index is 13.1. The summed E-state index contributed by atoms with van der Waals surface area (Å²) in [5, 5.41) is 3.13. The summed E-state index contributed by atoms with van der Waals surface area (Å²) in [6, 6.07) is 12.1. The molecule has 1 N–H and O–H groups in total. The highest BCUT2D eigenvalue weighted by Gasteiger charge is 2.27. The fourth-order valence-electron chi connectivity index (χ4n) is 4.49. The molecule has 2 aliphatic heterocycles. The molecule has 166 valence electrons. The van der Waals surface area contributed by atoms with Gasteiger partial charge in [-0.05, 0) is 35.7 Å². The maximum atomic E-state index is 13.1. The van der Waals surface area contributed by atoms with Crippen molar-refractivity contribution in [2.45, 2.75) is 12.5 Å². The van der Waals surface area contributed by atoms with Gasteiger partial charge in [-0.3, -0.25) is 9.69 Å². The number of methoxy groups -OCH3 is 2. The van der Waals surface area contributed by atoms with Crippen molar-refractivity contribution in [2.24, 2.45) is 0 Å². The van der Waals surface area contributed by atoms with Gasteiger partial charge in [-0.25, -0.2) is 0 Å². The van der Waals surface area contributed by atoms with Crippen LogP contribution in [0.4, 0.5) is 5.69 Å². The van der Waals surface area contributed by atoms with Gasteiger partial charge in [-0.1, -0.05) is 18.2 Å². The fraction of sp³-hybridized carbons (Fsp3) is 0.458. The van der Waals surface area contributed by atoms with E-state index in [1.54, 1.807) is 26.4 Å². The number of hydrogen-bond acceptors (Lipinski definition) is 6. The number of nitrogens with zero attached hydrogens (tertiary/aromatic N) is 2. The highest BCUT2D eigenvalue weighted by Crippen LogP contribution is 2.32. The van der Waals surface area contributed by atoms with Crippen molar-refractivity contribution in [3.63, 3.8) is 0 Å². The molecule has 7 heteroatoms. The molecule has 1 unspecified atom stereocenters. The third-order valence-electron chi connectivity index (χ3n) is 6.21. The van der Waals surface area contributed by atoms with Crippen LogP contribution in [0.2, 0.25) is 0 Å². The normalized spacial score (nSPS) is 17.2. The molecule has 2 heterocycles. The zero-order valence-electron chi connectivity index (χ0n) is 18.5. The Morgan fingerprint density at radius 1 is 1.10 bits per heavy atom. The van der Waals surface area contributed by atoms with Crippen molar-refractivity contribution in [3.8, 4) is 11.5 Å². The van der Waals surface area contributed by atoms with E-state index in [2.05, 4.69) is 40.4 Å². The van der Waals surface area contributed by atoms with E-state index in [0.29, 0.717) is 36.8 Å². The number of nitrogens with one attached hydrogen (secondary N) is 1. The lowest BCUT2D eigenvalue weighted by Crippen LogP contribution is -2.44. The zero-order valence-corrected chi connectivity index (χ0v) is 18.5. The molecule has 7 nitrogen and oxygen atoms in total. The third kappa shape index (κ3) is 4.48. The second-order valence-corrected chi connectivity index (χ2v) is 7.97. The molecule has 0 aromatic heterocycles. The molecule has 0 aliphatic carbocycles. The summed E-state index contributed by atoms with van der Waals surface area (Å²) in [5.74, 6) is 0.800. The summed E-state index contributed by atoms with van der Waals surface area (Å²) in [4.78, 5) is 17.8. The standard InChI is InChI=1S/C24H31N3O4/c1-26-10-9-18-15-17(7-8-19(18)26)20(27-11-13-31-14-12-27)16-25-24(28)23-21(29-2)5-4-6-22(23)30-3/h4-8,15,20H,9-14,16H2,1-3H3,(H,25,28). The van der Waals surface area contributed by atoms with E-state index in [4.69, 9.17) is 14.2 Å². The Bertz CT molecular complexity index is 905. The lowest BCUT2D eigenvalue weighted by Gasteiger charge is -2.35. The SMILES string of the molecule is COc1cccc(OC)c1C(=O)NCC(c1ccc2c(c1)CCN2C)N1CCOCC1. The highest BCUT2D eigenvalue weighted by molar-refractivity contribution is 5.99. The Labute approximate surface area is 183 Å². The smallest absolute Gasteiger partial charge is 0.258 e. The van der Waals surface area contributed by atoms with E-state index < -0.39 is 0 Å². The fourth-order valence-corrected chi connectivity index (χ4v) is 4.49. The van der Waals surface area contributed by atoms with Gasteiger partial charge in [0.2, 0.25) is 0 Å². The topological polar surface area (TPSA) is 63.3 Å². The Balaban J connectivity index is 1.57. The lowest BCUT2D eigenvalue weighted by atomic mass is 10.00. The van der Waals surface area contributed by atoms with Crippen LogP contribution in [0, 0.1) is 0 Å². The first kappa shape index (κ1) is 21.5. The maximum Gasteiger partial charge on any atom is 0.258 e. The van der Waals surface area contributed by atoms with E-state index in [9.17, 15) is 4.79 Å². The Kier molecular flexibility index (Phi) is 6.63. The minimum absolute atomic E-state index is 0.0739. The first-order chi connectivity index (χ1) is 15.1. The van der Waals surface area contributed by atoms with E-state index in [1.807, 2.05) is 6.07 Å². The van der Waals surface area contributed by atoms with Crippen molar-refractivity contribution in [1.82, 2.24) is 10.2 Å². The van der Waals surface area contributed by atoms with E-state index in [1.165, 1.54) is 16.8 Å². The largest absolute Gasteiger partial charge is 0.496 e. The second-order valence-electron chi connectivity index (χ2n) is 7.97. The number of ether oxygens (including phenoxy) is 3. The Morgan fingerprint density at radius 2 is 1.81 bits per heavy atom. The molecule has 0 saturated carbocycles. The van der Waals surface area contributed by atoms with Crippen LogP contribution in [0.15, 0.2) is 36.4 Å². The zero-order chi connectivity index (χ0) is 21.8. The van der Waals surface area contributed by atoms with Crippen molar-refractivity contribution in [1.29, 1.82) is 0 Å². The molecule has 2 aliphatic rings. The summed E-state index contributed by atoms with van der Waals surface area (Å²) < 4.78 is 16.4. The predicted molar refractivity (Wildman–Crippen MR) is 120 cm³/mol. The number of amides is 1. The van der Waals surface area contributed by atoms with Crippen LogP contribution in [-0.4, -0.2) is 71.5 Å². The quantitative estimate of drug-likeness (QED) is 0.736. The van der Waals surface area contributed by atoms with Gasteiger partial charge in [0.1, 0.15) is 17.1 Å². The monoisotopic (exact) mass is 425 g/mol. The number of carbonyl (C=O) groups is 1. The molecule has 1 amide bonds. The molecule has 1 fully saturated rings. The number of morpholine rings is 1. The molecule has 0 radical (unpaired) electrons. The van der Waals surface area contributed by atoms with E-state index >= 15 is 0 Å². The van der Waals surface area contributed by atoms with Crippen molar-refractivity contribution < 1.29 is 19.0 Å². The minimum atomic E-state index is -0.201. The van der Waals surface area contributed by atoms with E-state index in [-0.39, 0.29) is 11.9 Å². The minimum Gasteiger partial charge on any atom is -0.496 e. The average Bonchev–Trinajstić information content (AvgIpc) is 3.19. The van der Waals surface area contributed by atoms with Gasteiger partial charge in [0, 0.05) is 38.9 Å². The molecule has 2 aromatic rings. The van der Waals surface area contributed by atoms with Crippen molar-refractivity contribution in [3.05, 3.63) is 53.1 Å². The van der Waals surface area contributed by atoms with Crippen molar-refractivity contribution in [2.75, 3.05) is 65.6 Å². The molecule has 1 atom stereocenters. The van der Waals surface area contributed by atoms with Gasteiger partial charge in [0.15, 0.2) is 0 Å². The average molecular weight is 426 g/mol. The summed E-state index contributed by atoms with van der Waals surface area (Å²) in [6.07, 6.45) is 1.06. The van der Waals surface area contributed by atoms with Crippen molar-refractivity contribution >= 4 is 11.6 Å². The second kappa shape index (κ2) is 9.58. The first-order valence-electron chi connectivity index (χ1n) is 10.8. The van der Waals surface area contributed by atoms with Gasteiger partial charge in [0.05, 0.1) is 33.5 Å². The number of anilines is 1. The van der Waals surface area contributed by atoms with Crippen LogP contribution < -0.4 is 19.7 Å². The van der Waals surface area contributed by atoms with Gasteiger partial charge in [-0.2, -0.15) is 0 Å². The van der Waals surface area contributed by atoms with Crippen LogP contribution in [-0.2, 0) is 11.2 Å². The number of likely N-dealkylation sites (N-methyl/N-ethyl adjacent to an activating group) is 1. The number of fused-ring (bicyclic) bond motifs is 1. The summed E-state index contributed by atoms with van der Waals surface area (Å²) in [5.41, 5.74) is 4.32. The summed E-state index contributed by atoms with van der Waals surface area (Å²) in [7, 11) is 5.25. The van der Waals surface area contributed by atoms with Crippen LogP contribution in [0.1, 0.15) is 27.5 Å². The van der Waals surface area contributed by atoms with Gasteiger partial charge in [-0.15, -0.1) is 0 Å².